The Morgan fingerprint density at radius 2 is 2.00 bits per heavy atom. The molecule has 0 aliphatic carbocycles. The Balaban J connectivity index is 1.76. The first-order valence-electron chi connectivity index (χ1n) is 8.43. The molecule has 3 heterocycles. The molecule has 0 radical (unpaired) electrons. The Hall–Kier alpha value is -2.51. The Morgan fingerprint density at radius 1 is 1.15 bits per heavy atom. The molecule has 0 spiro atoms. The van der Waals surface area contributed by atoms with Crippen molar-refractivity contribution in [2.75, 3.05) is 24.7 Å². The lowest BCUT2D eigenvalue weighted by molar-refractivity contribution is 0.138. The smallest absolute Gasteiger partial charge is 0.235 e. The summed E-state index contributed by atoms with van der Waals surface area (Å²) in [5.41, 5.74) is 7.53. The number of anilines is 1. The molecule has 1 aromatic carbocycles. The van der Waals surface area contributed by atoms with Crippen molar-refractivity contribution in [3.05, 3.63) is 53.7 Å². The van der Waals surface area contributed by atoms with Crippen LogP contribution in [0.15, 0.2) is 53.7 Å². The standard InChI is InChI=1S/C19H19N3O3S/c20-19-21-17(24-14-7-10-26-11-8-14)16(13-4-2-1-3-5-13)18(22-19)25-15-6-9-23-12-15/h1-5,7-8,10,15H,6,9,11-12H2,(H2,20,21,22). The molecule has 0 amide bonds. The molecular weight excluding hydrogens is 350 g/mol. The number of nitrogen functional groups attached to an aromatic ring is 1. The van der Waals surface area contributed by atoms with Crippen LogP contribution in [0.25, 0.3) is 11.1 Å². The summed E-state index contributed by atoms with van der Waals surface area (Å²) in [4.78, 5) is 8.66. The van der Waals surface area contributed by atoms with Crippen molar-refractivity contribution >= 4 is 17.7 Å². The Morgan fingerprint density at radius 3 is 2.73 bits per heavy atom. The van der Waals surface area contributed by atoms with Crippen LogP contribution in [0, 0.1) is 0 Å². The summed E-state index contributed by atoms with van der Waals surface area (Å²) >= 11 is 1.70. The van der Waals surface area contributed by atoms with Crippen LogP contribution in [0.5, 0.6) is 11.8 Å². The third-order valence-corrected chi connectivity index (χ3v) is 4.70. The molecule has 1 atom stereocenters. The zero-order valence-electron chi connectivity index (χ0n) is 14.1. The van der Waals surface area contributed by atoms with Gasteiger partial charge in [0.25, 0.3) is 0 Å². The number of nitrogens with two attached hydrogens (primary N) is 1. The fourth-order valence-electron chi connectivity index (χ4n) is 2.77. The summed E-state index contributed by atoms with van der Waals surface area (Å²) in [6, 6.07) is 9.81. The topological polar surface area (TPSA) is 79.5 Å². The van der Waals surface area contributed by atoms with E-state index in [-0.39, 0.29) is 12.1 Å². The molecular formula is C19H19N3O3S. The van der Waals surface area contributed by atoms with Crippen molar-refractivity contribution in [1.82, 2.24) is 9.97 Å². The second kappa shape index (κ2) is 7.80. The number of allylic oxidation sites excluding steroid dienone is 1. The Kier molecular flexibility index (Phi) is 5.08. The number of thioether (sulfide) groups is 1. The fraction of sp³-hybridized carbons (Fsp3) is 0.263. The number of benzene rings is 1. The minimum Gasteiger partial charge on any atom is -0.471 e. The van der Waals surface area contributed by atoms with Crippen LogP contribution in [-0.4, -0.2) is 35.0 Å². The molecule has 7 heteroatoms. The number of hydrogen-bond acceptors (Lipinski definition) is 7. The van der Waals surface area contributed by atoms with E-state index in [0.717, 1.165) is 23.5 Å². The minimum atomic E-state index is -0.0511. The number of aromatic nitrogens is 2. The highest BCUT2D eigenvalue weighted by atomic mass is 32.2. The van der Waals surface area contributed by atoms with E-state index >= 15 is 0 Å². The maximum absolute atomic E-state index is 6.09. The normalized spacial score (nSPS) is 19.2. The van der Waals surface area contributed by atoms with Crippen LogP contribution < -0.4 is 15.2 Å². The minimum absolute atomic E-state index is 0.0511. The van der Waals surface area contributed by atoms with E-state index in [1.165, 1.54) is 0 Å². The average Bonchev–Trinajstić information content (AvgIpc) is 3.16. The lowest BCUT2D eigenvalue weighted by Gasteiger charge is -2.18. The summed E-state index contributed by atoms with van der Waals surface area (Å²) in [7, 11) is 0. The molecule has 2 aromatic rings. The summed E-state index contributed by atoms with van der Waals surface area (Å²) < 4.78 is 17.5. The molecule has 2 aliphatic heterocycles. The average molecular weight is 369 g/mol. The summed E-state index contributed by atoms with van der Waals surface area (Å²) in [6.07, 6.45) is 4.68. The second-order valence-corrected chi connectivity index (χ2v) is 6.82. The Bertz CT molecular complexity index is 833. The first kappa shape index (κ1) is 16.9. The van der Waals surface area contributed by atoms with Crippen LogP contribution in [0.1, 0.15) is 6.42 Å². The number of ether oxygens (including phenoxy) is 3. The van der Waals surface area contributed by atoms with Gasteiger partial charge in [0.15, 0.2) is 0 Å². The van der Waals surface area contributed by atoms with Gasteiger partial charge >= 0.3 is 0 Å². The molecule has 1 fully saturated rings. The van der Waals surface area contributed by atoms with Crippen LogP contribution >= 0.6 is 11.8 Å². The van der Waals surface area contributed by atoms with Crippen molar-refractivity contribution < 1.29 is 14.2 Å². The summed E-state index contributed by atoms with van der Waals surface area (Å²) in [5.74, 6) is 2.51. The highest BCUT2D eigenvalue weighted by Crippen LogP contribution is 2.38. The van der Waals surface area contributed by atoms with Gasteiger partial charge in [-0.15, -0.1) is 11.8 Å². The predicted molar refractivity (Wildman–Crippen MR) is 102 cm³/mol. The second-order valence-electron chi connectivity index (χ2n) is 5.88. The van der Waals surface area contributed by atoms with Gasteiger partial charge in [-0.05, 0) is 23.1 Å². The molecule has 0 bridgehead atoms. The molecule has 1 aromatic heterocycles. The monoisotopic (exact) mass is 369 g/mol. The van der Waals surface area contributed by atoms with Gasteiger partial charge in [-0.2, -0.15) is 9.97 Å². The molecule has 1 unspecified atom stereocenters. The molecule has 2 aliphatic rings. The zero-order valence-corrected chi connectivity index (χ0v) is 14.9. The van der Waals surface area contributed by atoms with E-state index in [1.807, 2.05) is 47.9 Å². The molecule has 134 valence electrons. The van der Waals surface area contributed by atoms with E-state index in [9.17, 15) is 0 Å². The van der Waals surface area contributed by atoms with Gasteiger partial charge in [0.2, 0.25) is 17.7 Å². The van der Waals surface area contributed by atoms with Crippen molar-refractivity contribution in [2.24, 2.45) is 0 Å². The highest BCUT2D eigenvalue weighted by Gasteiger charge is 2.24. The predicted octanol–water partition coefficient (Wildman–Crippen LogP) is 3.42. The van der Waals surface area contributed by atoms with E-state index in [0.29, 0.717) is 30.5 Å². The SMILES string of the molecule is Nc1nc(OC2=CCSC=C2)c(-c2ccccc2)c(OC2CCOC2)n1. The third kappa shape index (κ3) is 3.84. The molecule has 1 saturated heterocycles. The van der Waals surface area contributed by atoms with Crippen molar-refractivity contribution in [3.8, 4) is 22.9 Å². The largest absolute Gasteiger partial charge is 0.471 e. The van der Waals surface area contributed by atoms with Crippen LogP contribution in [-0.2, 0) is 4.74 Å². The maximum atomic E-state index is 6.09. The van der Waals surface area contributed by atoms with Gasteiger partial charge in [-0.25, -0.2) is 0 Å². The van der Waals surface area contributed by atoms with E-state index in [2.05, 4.69) is 9.97 Å². The molecule has 6 nitrogen and oxygen atoms in total. The molecule has 4 rings (SSSR count). The van der Waals surface area contributed by atoms with Gasteiger partial charge in [-0.1, -0.05) is 30.3 Å². The van der Waals surface area contributed by atoms with Gasteiger partial charge in [0.05, 0.1) is 13.2 Å². The summed E-state index contributed by atoms with van der Waals surface area (Å²) in [6.45, 7) is 1.23. The number of nitrogens with zero attached hydrogens (tertiary/aromatic N) is 2. The lowest BCUT2D eigenvalue weighted by atomic mass is 10.1. The van der Waals surface area contributed by atoms with Crippen LogP contribution in [0.4, 0.5) is 5.95 Å². The Labute approximate surface area is 156 Å². The zero-order chi connectivity index (χ0) is 17.8. The van der Waals surface area contributed by atoms with Gasteiger partial charge < -0.3 is 19.9 Å². The van der Waals surface area contributed by atoms with Gasteiger partial charge in [0, 0.05) is 12.2 Å². The molecule has 26 heavy (non-hydrogen) atoms. The van der Waals surface area contributed by atoms with Crippen molar-refractivity contribution in [1.29, 1.82) is 0 Å². The molecule has 2 N–H and O–H groups in total. The molecule has 0 saturated carbocycles. The van der Waals surface area contributed by atoms with E-state index < -0.39 is 0 Å². The lowest BCUT2D eigenvalue weighted by Crippen LogP contribution is -2.18. The van der Waals surface area contributed by atoms with Crippen LogP contribution in [0.2, 0.25) is 0 Å². The van der Waals surface area contributed by atoms with E-state index in [1.54, 1.807) is 11.8 Å². The first-order chi connectivity index (χ1) is 12.8. The quantitative estimate of drug-likeness (QED) is 0.865. The number of hydrogen-bond donors (Lipinski definition) is 1. The fourth-order valence-corrected chi connectivity index (χ4v) is 3.37. The van der Waals surface area contributed by atoms with Crippen molar-refractivity contribution in [3.63, 3.8) is 0 Å². The first-order valence-corrected chi connectivity index (χ1v) is 9.48. The third-order valence-electron chi connectivity index (χ3n) is 4.01. The van der Waals surface area contributed by atoms with Crippen molar-refractivity contribution in [2.45, 2.75) is 12.5 Å². The highest BCUT2D eigenvalue weighted by molar-refractivity contribution is 8.02. The summed E-state index contributed by atoms with van der Waals surface area (Å²) in [5, 5.41) is 2.00. The van der Waals surface area contributed by atoms with Crippen LogP contribution in [0.3, 0.4) is 0 Å². The van der Waals surface area contributed by atoms with Gasteiger partial charge in [0.1, 0.15) is 17.4 Å². The number of rotatable bonds is 5. The maximum Gasteiger partial charge on any atom is 0.235 e. The van der Waals surface area contributed by atoms with Gasteiger partial charge in [-0.3, -0.25) is 0 Å². The van der Waals surface area contributed by atoms with E-state index in [4.69, 9.17) is 19.9 Å².